The molecule has 3 aliphatic carbocycles. The summed E-state index contributed by atoms with van der Waals surface area (Å²) in [5, 5.41) is 5.21. The predicted octanol–water partition coefficient (Wildman–Crippen LogP) is 4.02. The summed E-state index contributed by atoms with van der Waals surface area (Å²) < 4.78 is 73.1. The van der Waals surface area contributed by atoms with Crippen LogP contribution in [-0.2, 0) is 35.6 Å². The molecule has 4 fully saturated rings. The van der Waals surface area contributed by atoms with Crippen LogP contribution in [0.4, 0.5) is 13.6 Å². The van der Waals surface area contributed by atoms with E-state index in [4.69, 9.17) is 24.2 Å². The molecule has 1 aromatic heterocycles. The van der Waals surface area contributed by atoms with Gasteiger partial charge in [-0.3, -0.25) is 19.1 Å². The van der Waals surface area contributed by atoms with Crippen LogP contribution in [0, 0.1) is 23.2 Å². The number of rotatable bonds is 7. The molecule has 8 atom stereocenters. The number of amides is 4. The topological polar surface area (TPSA) is 195 Å². The molecule has 0 unspecified atom stereocenters. The molecule has 1 saturated heterocycles. The number of nitrogens with zero attached hydrogens (tertiary/aromatic N) is 3. The van der Waals surface area contributed by atoms with Gasteiger partial charge in [0, 0.05) is 12.0 Å². The molecule has 2 aliphatic heterocycles. The van der Waals surface area contributed by atoms with E-state index in [0.29, 0.717) is 48.2 Å². The summed E-state index contributed by atoms with van der Waals surface area (Å²) in [5.74, 6) is -4.42. The van der Waals surface area contributed by atoms with Gasteiger partial charge in [0.25, 0.3) is 5.91 Å². The number of hydrogen-bond donors (Lipinski definition) is 3. The molecular weight excluding hydrogens is 767 g/mol. The number of alkyl carbamates (subject to hydrolysis) is 1. The maximum absolute atomic E-state index is 14.7. The smallest absolute Gasteiger partial charge is 0.408 e. The molecule has 7 rings (SSSR count). The number of sulfonamides is 1. The van der Waals surface area contributed by atoms with Gasteiger partial charge in [-0.1, -0.05) is 40.5 Å². The van der Waals surface area contributed by atoms with E-state index < -0.39 is 92.4 Å². The number of fused-ring (bicyclic) bond motifs is 5. The molecule has 18 heteroatoms. The van der Waals surface area contributed by atoms with Gasteiger partial charge in [-0.2, -0.15) is 0 Å². The second-order valence-corrected chi connectivity index (χ2v) is 20.0. The number of halogens is 2. The Kier molecular flexibility index (Phi) is 10.6. The van der Waals surface area contributed by atoms with Crippen LogP contribution in [-0.4, -0.2) is 102 Å². The lowest BCUT2D eigenvalue weighted by Crippen LogP contribution is -2.61. The van der Waals surface area contributed by atoms with Crippen molar-refractivity contribution in [2.45, 2.75) is 133 Å². The number of methoxy groups -OCH3 is 1. The van der Waals surface area contributed by atoms with Gasteiger partial charge in [0.1, 0.15) is 41.3 Å². The first-order chi connectivity index (χ1) is 26.8. The number of aryl methyl sites for hydroxylation is 1. The minimum absolute atomic E-state index is 0.187. The van der Waals surface area contributed by atoms with Crippen molar-refractivity contribution >= 4 is 44.9 Å². The Morgan fingerprint density at radius 2 is 1.81 bits per heavy atom. The molecule has 3 heterocycles. The first-order valence-corrected chi connectivity index (χ1v) is 21.2. The number of hydrogen-bond acceptors (Lipinski definition) is 11. The lowest BCUT2D eigenvalue weighted by Gasteiger charge is -2.36. The van der Waals surface area contributed by atoms with Gasteiger partial charge in [-0.25, -0.2) is 32.0 Å². The highest BCUT2D eigenvalue weighted by Gasteiger charge is 2.67. The number of carbonyl (C=O) groups is 4. The van der Waals surface area contributed by atoms with Crippen LogP contribution in [0.25, 0.3) is 11.0 Å². The molecule has 0 radical (unpaired) electrons. The highest BCUT2D eigenvalue weighted by Crippen LogP contribution is 2.50. The van der Waals surface area contributed by atoms with Gasteiger partial charge in [0.2, 0.25) is 34.1 Å². The van der Waals surface area contributed by atoms with Crippen molar-refractivity contribution < 1.29 is 50.6 Å². The van der Waals surface area contributed by atoms with Crippen LogP contribution >= 0.6 is 0 Å². The van der Waals surface area contributed by atoms with Crippen molar-refractivity contribution in [1.29, 1.82) is 0 Å². The number of carbonyl (C=O) groups excluding carboxylic acids is 4. The number of nitrogens with one attached hydrogen (secondary N) is 3. The number of benzene rings is 1. The minimum atomic E-state index is -4.24. The molecule has 3 N–H and O–H groups in total. The molecule has 57 heavy (non-hydrogen) atoms. The Balaban J connectivity index is 1.25. The lowest BCUT2D eigenvalue weighted by molar-refractivity contribution is -0.143. The van der Waals surface area contributed by atoms with Gasteiger partial charge in [0.05, 0.1) is 35.4 Å². The summed E-state index contributed by atoms with van der Waals surface area (Å²) in [7, 11) is -2.71. The van der Waals surface area contributed by atoms with Crippen LogP contribution in [0.3, 0.4) is 0 Å². The van der Waals surface area contributed by atoms with Crippen LogP contribution in [0.5, 0.6) is 11.6 Å². The van der Waals surface area contributed by atoms with Crippen molar-refractivity contribution in [3.8, 4) is 11.6 Å². The first-order valence-electron chi connectivity index (χ1n) is 19.7. The van der Waals surface area contributed by atoms with E-state index in [1.807, 2.05) is 4.72 Å². The van der Waals surface area contributed by atoms with Crippen LogP contribution in [0.2, 0.25) is 0 Å². The Labute approximate surface area is 330 Å². The van der Waals surface area contributed by atoms with E-state index in [2.05, 4.69) is 10.6 Å². The van der Waals surface area contributed by atoms with E-state index >= 15 is 0 Å². The second-order valence-electron chi connectivity index (χ2n) is 17.8. The Hall–Kier alpha value is -4.35. The lowest BCUT2D eigenvalue weighted by atomic mass is 9.85. The van der Waals surface area contributed by atoms with Gasteiger partial charge >= 0.3 is 6.09 Å². The zero-order valence-electron chi connectivity index (χ0n) is 33.1. The zero-order valence-corrected chi connectivity index (χ0v) is 33.9. The quantitative estimate of drug-likeness (QED) is 0.365. The Morgan fingerprint density at radius 3 is 2.46 bits per heavy atom. The standard InChI is InChI=1S/C39H52F2N6O9S/c1-20-28-19-47(29(20)32(48)45-39(18-23(39)31(40)41)35(50)46-57(52,53)38(5)14-15-38)34(49)30(37(2,3)4)44-36(51)56-27-16-21(27)10-8-7-9-11-25-33(55-28)43-26-17-22(54-6)12-13-24(26)42-25/h12-13,17,20-21,23,27-31H,7-11,14-16,18-19H2,1-6H3,(H,44,51)(H,45,48)(H,46,50)/t20-,21-,23+,27-,28+,29+,30-,39-/m1/s1. The van der Waals surface area contributed by atoms with E-state index in [1.165, 1.54) is 18.9 Å². The maximum atomic E-state index is 14.7. The molecule has 15 nitrogen and oxygen atoms in total. The maximum Gasteiger partial charge on any atom is 0.408 e. The Bertz CT molecular complexity index is 2060. The fourth-order valence-electron chi connectivity index (χ4n) is 8.07. The molecule has 0 spiro atoms. The van der Waals surface area contributed by atoms with Gasteiger partial charge < -0.3 is 29.7 Å². The average Bonchev–Trinajstić information content (AvgIpc) is 4.08. The second kappa shape index (κ2) is 14.8. The van der Waals surface area contributed by atoms with Gasteiger partial charge in [0.15, 0.2) is 0 Å². The van der Waals surface area contributed by atoms with Crippen molar-refractivity contribution in [3.05, 3.63) is 23.9 Å². The summed E-state index contributed by atoms with van der Waals surface area (Å²) >= 11 is 0. The third kappa shape index (κ3) is 8.06. The van der Waals surface area contributed by atoms with Crippen LogP contribution in [0.15, 0.2) is 18.2 Å². The summed E-state index contributed by atoms with van der Waals surface area (Å²) in [6, 6.07) is 2.69. The summed E-state index contributed by atoms with van der Waals surface area (Å²) in [5.41, 5.74) is -1.45. The molecule has 2 bridgehead atoms. The minimum Gasteiger partial charge on any atom is -0.497 e. The molecule has 1 aromatic carbocycles. The fourth-order valence-corrected chi connectivity index (χ4v) is 9.38. The predicted molar refractivity (Wildman–Crippen MR) is 202 cm³/mol. The summed E-state index contributed by atoms with van der Waals surface area (Å²) in [6.07, 6.45) is -0.296. The largest absolute Gasteiger partial charge is 0.497 e. The number of aromatic nitrogens is 2. The third-order valence-corrected chi connectivity index (χ3v) is 14.6. The molecule has 2 aromatic rings. The van der Waals surface area contributed by atoms with E-state index in [1.54, 1.807) is 45.9 Å². The highest BCUT2D eigenvalue weighted by atomic mass is 32.2. The molecule has 5 aliphatic rings. The summed E-state index contributed by atoms with van der Waals surface area (Å²) in [6.45, 7) is 8.15. The number of ether oxygens (including phenoxy) is 3. The van der Waals surface area contributed by atoms with Crippen molar-refractivity contribution in [2.24, 2.45) is 23.2 Å². The van der Waals surface area contributed by atoms with Crippen LogP contribution < -0.4 is 24.8 Å². The van der Waals surface area contributed by atoms with Crippen molar-refractivity contribution in [1.82, 2.24) is 30.2 Å². The fraction of sp³-hybridized carbons (Fsp3) is 0.692. The van der Waals surface area contributed by atoms with E-state index in [0.717, 1.165) is 25.7 Å². The molecular formula is C39H52F2N6O9S. The van der Waals surface area contributed by atoms with Crippen molar-refractivity contribution in [3.63, 3.8) is 0 Å². The number of alkyl halides is 2. The van der Waals surface area contributed by atoms with Gasteiger partial charge in [-0.15, -0.1) is 0 Å². The first kappa shape index (κ1) is 40.8. The third-order valence-electron chi connectivity index (χ3n) is 12.4. The molecule has 3 saturated carbocycles. The van der Waals surface area contributed by atoms with Crippen LogP contribution in [0.1, 0.15) is 91.7 Å². The Morgan fingerprint density at radius 1 is 1.07 bits per heavy atom. The average molecular weight is 819 g/mol. The van der Waals surface area contributed by atoms with Crippen molar-refractivity contribution in [2.75, 3.05) is 13.7 Å². The monoisotopic (exact) mass is 818 g/mol. The zero-order chi connectivity index (χ0) is 41.2. The normalized spacial score (nSPS) is 31.4. The SMILES string of the molecule is COc1ccc2nc3c(nc2c1)O[C@H]1CN(C(=O)[C@H](C(C)(C)C)NC(=O)O[C@@H]2C[C@H]2CCCCC3)[C@H](C(=O)N[C@]2(C(=O)NS(=O)(=O)C3(C)CC3)C[C@H]2C(F)F)[C@@H]1C. The van der Waals surface area contributed by atoms with E-state index in [-0.39, 0.29) is 24.4 Å². The van der Waals surface area contributed by atoms with E-state index in [9.17, 15) is 36.4 Å². The molecule has 312 valence electrons. The highest BCUT2D eigenvalue weighted by molar-refractivity contribution is 7.91. The van der Waals surface area contributed by atoms with Gasteiger partial charge in [-0.05, 0) is 75.3 Å². The molecule has 4 amide bonds. The summed E-state index contributed by atoms with van der Waals surface area (Å²) in [4.78, 5) is 67.1.